The molecule has 4 nitrogen and oxygen atoms in total. The number of carboxylic acids is 1. The number of aliphatic hydroxyl groups is 1. The van der Waals surface area contributed by atoms with E-state index in [0.29, 0.717) is 0 Å². The number of rotatable bonds is 12. The number of carbonyl (C=O) groups is 1. The van der Waals surface area contributed by atoms with Crippen molar-refractivity contribution in [2.45, 2.75) is 61.5 Å². The Morgan fingerprint density at radius 1 is 1.05 bits per heavy atom. The van der Waals surface area contributed by atoms with Crippen LogP contribution in [0.25, 0.3) is 23.4 Å². The predicted octanol–water partition coefficient (Wildman–Crippen LogP) is 8.62. The van der Waals surface area contributed by atoms with Crippen molar-refractivity contribution < 1.29 is 15.0 Å². The zero-order valence-electron chi connectivity index (χ0n) is 22.9. The Morgan fingerprint density at radius 3 is 2.52 bits per heavy atom. The fourth-order valence-corrected chi connectivity index (χ4v) is 7.49. The molecule has 1 aliphatic carbocycles. The van der Waals surface area contributed by atoms with Crippen LogP contribution in [-0.2, 0) is 16.8 Å². The first-order valence-electron chi connectivity index (χ1n) is 13.7. The lowest BCUT2D eigenvalue weighted by Gasteiger charge is -2.25. The Bertz CT molecular complexity index is 1480. The molecule has 2 N–H and O–H groups in total. The van der Waals surface area contributed by atoms with Gasteiger partial charge in [0.15, 0.2) is 0 Å². The lowest BCUT2D eigenvalue weighted by atomic mass is 9.90. The molecule has 1 fully saturated rings. The molecule has 0 radical (unpaired) electrons. The first kappa shape index (κ1) is 28.3. The molecular formula is C34H35NO3S2. The summed E-state index contributed by atoms with van der Waals surface area (Å²) in [6, 6.07) is 26.8. The van der Waals surface area contributed by atoms with Crippen LogP contribution in [0.2, 0.25) is 0 Å². The number of benzene rings is 3. The number of thioether (sulfide) groups is 1. The predicted molar refractivity (Wildman–Crippen MR) is 167 cm³/mol. The van der Waals surface area contributed by atoms with Crippen molar-refractivity contribution in [3.63, 3.8) is 0 Å². The first-order valence-corrected chi connectivity index (χ1v) is 15.5. The number of aryl methyl sites for hydroxylation is 1. The molecule has 0 saturated heterocycles. The summed E-state index contributed by atoms with van der Waals surface area (Å²) in [6.07, 6.45) is 7.91. The van der Waals surface area contributed by atoms with Gasteiger partial charge >= 0.3 is 5.97 Å². The third kappa shape index (κ3) is 7.30. The van der Waals surface area contributed by atoms with Crippen LogP contribution in [0.1, 0.15) is 72.0 Å². The molecular weight excluding hydrogens is 535 g/mol. The van der Waals surface area contributed by atoms with Crippen molar-refractivity contribution in [2.75, 3.05) is 0 Å². The average molecular weight is 570 g/mol. The number of aromatic nitrogens is 1. The van der Waals surface area contributed by atoms with E-state index in [0.717, 1.165) is 58.6 Å². The molecule has 1 unspecified atom stereocenters. The van der Waals surface area contributed by atoms with Gasteiger partial charge in [0.1, 0.15) is 5.01 Å². The second-order valence-corrected chi connectivity index (χ2v) is 13.6. The Morgan fingerprint density at radius 2 is 1.80 bits per heavy atom. The minimum absolute atomic E-state index is 0.148. The largest absolute Gasteiger partial charge is 0.481 e. The van der Waals surface area contributed by atoms with Crippen molar-refractivity contribution in [3.8, 4) is 11.3 Å². The van der Waals surface area contributed by atoms with Gasteiger partial charge in [0.05, 0.1) is 17.7 Å². The summed E-state index contributed by atoms with van der Waals surface area (Å²) in [6.45, 7) is 3.65. The van der Waals surface area contributed by atoms with Gasteiger partial charge in [0, 0.05) is 20.9 Å². The van der Waals surface area contributed by atoms with Crippen molar-refractivity contribution >= 4 is 41.2 Å². The smallest absolute Gasteiger partial charge is 0.304 e. The summed E-state index contributed by atoms with van der Waals surface area (Å²) >= 11 is 3.45. The van der Waals surface area contributed by atoms with Gasteiger partial charge in [-0.2, -0.15) is 0 Å². The molecule has 1 saturated carbocycles. The molecule has 1 aromatic heterocycles. The van der Waals surface area contributed by atoms with Crippen LogP contribution >= 0.6 is 23.1 Å². The lowest BCUT2D eigenvalue weighted by molar-refractivity contribution is -0.137. The number of carboxylic acid groups (broad SMARTS) is 1. The highest BCUT2D eigenvalue weighted by Gasteiger charge is 2.47. The van der Waals surface area contributed by atoms with Crippen LogP contribution < -0.4 is 0 Å². The highest BCUT2D eigenvalue weighted by atomic mass is 32.2. The van der Waals surface area contributed by atoms with E-state index in [4.69, 9.17) is 4.98 Å². The summed E-state index contributed by atoms with van der Waals surface area (Å²) in [5.41, 5.74) is 5.56. The van der Waals surface area contributed by atoms with Gasteiger partial charge < -0.3 is 10.2 Å². The molecule has 40 heavy (non-hydrogen) atoms. The van der Waals surface area contributed by atoms with E-state index in [1.54, 1.807) is 11.3 Å². The fourth-order valence-electron chi connectivity index (χ4n) is 5.10. The lowest BCUT2D eigenvalue weighted by Crippen LogP contribution is -2.18. The van der Waals surface area contributed by atoms with Gasteiger partial charge in [-0.3, -0.25) is 4.79 Å². The van der Waals surface area contributed by atoms with E-state index in [-0.39, 0.29) is 16.4 Å². The van der Waals surface area contributed by atoms with E-state index in [1.165, 1.54) is 5.56 Å². The van der Waals surface area contributed by atoms with Crippen LogP contribution in [0.15, 0.2) is 84.2 Å². The highest BCUT2D eigenvalue weighted by molar-refractivity contribution is 8.01. The molecule has 206 valence electrons. The zero-order valence-corrected chi connectivity index (χ0v) is 24.5. The molecule has 1 aliphatic rings. The molecule has 1 atom stereocenters. The maximum atomic E-state index is 11.6. The number of nitrogens with zero attached hydrogens (tertiary/aromatic N) is 1. The van der Waals surface area contributed by atoms with Crippen LogP contribution in [0.3, 0.4) is 0 Å². The van der Waals surface area contributed by atoms with Crippen molar-refractivity contribution in [1.82, 2.24) is 4.98 Å². The standard InChI is InChI=1S/C34H35NO3S2/c1-33(2,38)28-14-7-6-10-25(28)16-17-30(40-34(19-20-34)22-32(36)37)27-13-8-9-24(21-27)15-18-31-35-29(23-39-31)26-11-4-3-5-12-26/h3-15,18,21,23,30,38H,16-17,19-20,22H2,1-2H3,(H,36,37)/b18-15+. The Balaban J connectivity index is 1.37. The number of hydrogen-bond donors (Lipinski definition) is 2. The van der Waals surface area contributed by atoms with E-state index in [2.05, 4.69) is 60.0 Å². The highest BCUT2D eigenvalue weighted by Crippen LogP contribution is 2.57. The number of thiazole rings is 1. The van der Waals surface area contributed by atoms with Crippen molar-refractivity contribution in [1.29, 1.82) is 0 Å². The molecule has 0 aliphatic heterocycles. The topological polar surface area (TPSA) is 70.4 Å². The third-order valence-electron chi connectivity index (χ3n) is 7.32. The minimum atomic E-state index is -0.916. The van der Waals surface area contributed by atoms with E-state index >= 15 is 0 Å². The van der Waals surface area contributed by atoms with Crippen molar-refractivity contribution in [2.24, 2.45) is 0 Å². The van der Waals surface area contributed by atoms with Crippen LogP contribution in [0, 0.1) is 0 Å². The third-order valence-corrected chi connectivity index (χ3v) is 9.97. The Labute approximate surface area is 244 Å². The molecule has 0 bridgehead atoms. The molecule has 4 aromatic rings. The summed E-state index contributed by atoms with van der Waals surface area (Å²) < 4.78 is -0.188. The maximum Gasteiger partial charge on any atom is 0.304 e. The normalized spacial score (nSPS) is 15.3. The summed E-state index contributed by atoms with van der Waals surface area (Å²) in [7, 11) is 0. The molecule has 0 amide bonds. The Kier molecular flexibility index (Phi) is 8.60. The Hall–Kier alpha value is -3.19. The fraction of sp³-hybridized carbons (Fsp3) is 0.294. The zero-order chi connectivity index (χ0) is 28.2. The summed E-state index contributed by atoms with van der Waals surface area (Å²) in [5, 5.41) is 23.5. The minimum Gasteiger partial charge on any atom is -0.481 e. The number of hydrogen-bond acceptors (Lipinski definition) is 5. The monoisotopic (exact) mass is 569 g/mol. The van der Waals surface area contributed by atoms with E-state index < -0.39 is 11.6 Å². The van der Waals surface area contributed by atoms with Crippen molar-refractivity contribution in [3.05, 3.63) is 112 Å². The molecule has 5 rings (SSSR count). The second kappa shape index (κ2) is 12.1. The van der Waals surface area contributed by atoms with Gasteiger partial charge in [-0.15, -0.1) is 23.1 Å². The van der Waals surface area contributed by atoms with Crippen LogP contribution in [0.4, 0.5) is 0 Å². The van der Waals surface area contributed by atoms with Gasteiger partial charge in [0.2, 0.25) is 0 Å². The van der Waals surface area contributed by atoms with E-state index in [9.17, 15) is 15.0 Å². The van der Waals surface area contributed by atoms with Gasteiger partial charge in [-0.25, -0.2) is 4.98 Å². The van der Waals surface area contributed by atoms with E-state index in [1.807, 2.05) is 62.0 Å². The summed E-state index contributed by atoms with van der Waals surface area (Å²) in [4.78, 5) is 16.4. The average Bonchev–Trinajstić information content (AvgIpc) is 3.51. The van der Waals surface area contributed by atoms with Gasteiger partial charge in [0.25, 0.3) is 0 Å². The molecule has 0 spiro atoms. The summed E-state index contributed by atoms with van der Waals surface area (Å²) in [5.74, 6) is -0.730. The second-order valence-electron chi connectivity index (χ2n) is 11.1. The van der Waals surface area contributed by atoms with Gasteiger partial charge in [-0.1, -0.05) is 84.9 Å². The number of aliphatic carboxylic acids is 1. The quantitative estimate of drug-likeness (QED) is 0.179. The SMILES string of the molecule is CC(C)(O)c1ccccc1CCC(SC1(CC(=O)O)CC1)c1cccc(/C=C/c2nc(-c3ccccc3)cs2)c1. The first-order chi connectivity index (χ1) is 19.2. The van der Waals surface area contributed by atoms with Crippen LogP contribution in [-0.4, -0.2) is 25.9 Å². The maximum absolute atomic E-state index is 11.6. The molecule has 6 heteroatoms. The molecule has 3 aromatic carbocycles. The van der Waals surface area contributed by atoms with Gasteiger partial charge in [-0.05, 0) is 67.9 Å². The van der Waals surface area contributed by atoms with Crippen LogP contribution in [0.5, 0.6) is 0 Å². The molecule has 1 heterocycles.